The summed E-state index contributed by atoms with van der Waals surface area (Å²) in [6, 6.07) is 13.1. The highest BCUT2D eigenvalue weighted by atomic mass is 32.2. The first-order chi connectivity index (χ1) is 15.9. The summed E-state index contributed by atoms with van der Waals surface area (Å²) in [4.78, 5) is 8.46. The molecule has 3 aromatic rings. The lowest BCUT2D eigenvalue weighted by molar-refractivity contribution is 0.0179. The van der Waals surface area contributed by atoms with Crippen LogP contribution in [0.3, 0.4) is 0 Å². The number of nitrogens with zero attached hydrogens (tertiary/aromatic N) is 3. The van der Waals surface area contributed by atoms with Crippen LogP contribution in [0, 0.1) is 0 Å². The number of benzene rings is 1. The Bertz CT molecular complexity index is 1260. The quantitative estimate of drug-likeness (QED) is 0.407. The summed E-state index contributed by atoms with van der Waals surface area (Å²) < 4.78 is 53.5. The minimum absolute atomic E-state index is 0.0140. The van der Waals surface area contributed by atoms with Gasteiger partial charge in [0.05, 0.1) is 17.9 Å². The van der Waals surface area contributed by atoms with Crippen molar-refractivity contribution in [2.24, 2.45) is 0 Å². The zero-order valence-electron chi connectivity index (χ0n) is 19.3. The third kappa shape index (κ3) is 6.17. The first-order valence-corrected chi connectivity index (χ1v) is 12.3. The van der Waals surface area contributed by atoms with E-state index in [9.17, 15) is 22.3 Å². The fourth-order valence-corrected chi connectivity index (χ4v) is 3.71. The van der Waals surface area contributed by atoms with E-state index in [-0.39, 0.29) is 23.7 Å². The molecule has 0 saturated heterocycles. The highest BCUT2D eigenvalue weighted by Gasteiger charge is 2.29. The van der Waals surface area contributed by atoms with Crippen LogP contribution >= 0.6 is 0 Å². The van der Waals surface area contributed by atoms with Crippen molar-refractivity contribution < 1.29 is 22.3 Å². The van der Waals surface area contributed by atoms with Crippen LogP contribution in [0.4, 0.5) is 31.9 Å². The Morgan fingerprint density at radius 3 is 2.56 bits per heavy atom. The van der Waals surface area contributed by atoms with Crippen LogP contribution in [0.15, 0.2) is 54.7 Å². The molecule has 2 heterocycles. The molecule has 0 aliphatic heterocycles. The van der Waals surface area contributed by atoms with E-state index >= 15 is 0 Å². The van der Waals surface area contributed by atoms with Crippen molar-refractivity contribution >= 4 is 33.2 Å². The van der Waals surface area contributed by atoms with Crippen molar-refractivity contribution in [1.29, 1.82) is 0 Å². The molecule has 0 aliphatic rings. The monoisotopic (exact) mass is 491 g/mol. The first kappa shape index (κ1) is 25.3. The lowest BCUT2D eigenvalue weighted by atomic mass is 10.1. The van der Waals surface area contributed by atoms with Gasteiger partial charge in [0.2, 0.25) is 10.0 Å². The van der Waals surface area contributed by atoms with E-state index in [0.717, 1.165) is 17.5 Å². The van der Waals surface area contributed by atoms with E-state index in [0.29, 0.717) is 22.6 Å². The van der Waals surface area contributed by atoms with E-state index in [1.165, 1.54) is 25.4 Å². The third-order valence-electron chi connectivity index (χ3n) is 5.12. The van der Waals surface area contributed by atoms with Crippen LogP contribution in [0.2, 0.25) is 0 Å². The highest BCUT2D eigenvalue weighted by molar-refractivity contribution is 7.92. The molecule has 0 amide bonds. The molecule has 1 atom stereocenters. The summed E-state index contributed by atoms with van der Waals surface area (Å²) in [5.41, 5.74) is 1.51. The number of alkyl halides is 2. The Labute approximate surface area is 197 Å². The van der Waals surface area contributed by atoms with Crippen molar-refractivity contribution in [3.63, 3.8) is 0 Å². The van der Waals surface area contributed by atoms with E-state index in [4.69, 9.17) is 0 Å². The molecular weight excluding hydrogens is 464 g/mol. The van der Waals surface area contributed by atoms with Crippen LogP contribution in [-0.4, -0.2) is 36.8 Å². The molecule has 34 heavy (non-hydrogen) atoms. The molecule has 0 fully saturated rings. The number of aromatic nitrogens is 2. The van der Waals surface area contributed by atoms with Gasteiger partial charge in [-0.3, -0.25) is 4.31 Å². The summed E-state index contributed by atoms with van der Waals surface area (Å²) in [6.45, 7) is 2.44. The second kappa shape index (κ2) is 9.90. The van der Waals surface area contributed by atoms with Gasteiger partial charge in [0.15, 0.2) is 0 Å². The predicted molar refractivity (Wildman–Crippen MR) is 129 cm³/mol. The van der Waals surface area contributed by atoms with Crippen molar-refractivity contribution in [2.45, 2.75) is 32.4 Å². The van der Waals surface area contributed by atoms with Gasteiger partial charge in [-0.05, 0) is 42.8 Å². The molecule has 1 unspecified atom stereocenters. The van der Waals surface area contributed by atoms with Crippen LogP contribution < -0.4 is 14.9 Å². The molecular formula is C23H27F2N5O3S. The molecule has 182 valence electrons. The van der Waals surface area contributed by atoms with E-state index in [2.05, 4.69) is 20.6 Å². The van der Waals surface area contributed by atoms with Gasteiger partial charge >= 0.3 is 0 Å². The van der Waals surface area contributed by atoms with Gasteiger partial charge in [-0.2, -0.15) is 0 Å². The molecule has 8 nitrogen and oxygen atoms in total. The van der Waals surface area contributed by atoms with Gasteiger partial charge in [-0.25, -0.2) is 27.2 Å². The SMILES string of the molecule is CC(O)c1cccc(Nc2ccc(C(C)(F)F)c(NCc3cccnc3N(C)S(C)(=O)=O)n2)c1. The number of halogens is 2. The molecule has 0 saturated carbocycles. The van der Waals surface area contributed by atoms with Gasteiger partial charge in [0.1, 0.15) is 17.5 Å². The maximum absolute atomic E-state index is 14.3. The largest absolute Gasteiger partial charge is 0.389 e. The number of aliphatic hydroxyl groups is 1. The zero-order chi connectivity index (χ0) is 25.1. The smallest absolute Gasteiger partial charge is 0.274 e. The predicted octanol–water partition coefficient (Wildman–Crippen LogP) is 4.39. The molecule has 3 N–H and O–H groups in total. The maximum atomic E-state index is 14.3. The van der Waals surface area contributed by atoms with Crippen molar-refractivity contribution in [1.82, 2.24) is 9.97 Å². The standard InChI is InChI=1S/C23H27F2N5O3S/c1-15(31)16-7-5-9-18(13-16)28-20-11-10-19(23(2,24)25)21(29-20)27-14-17-8-6-12-26-22(17)30(3)34(4,32)33/h5-13,15,31H,14H2,1-4H3,(H2,27,28,29). The fraction of sp³-hybridized carbons (Fsp3) is 0.304. The molecule has 0 spiro atoms. The molecule has 3 rings (SSSR count). The summed E-state index contributed by atoms with van der Waals surface area (Å²) in [5, 5.41) is 15.8. The Kier molecular flexibility index (Phi) is 7.37. The first-order valence-electron chi connectivity index (χ1n) is 10.4. The van der Waals surface area contributed by atoms with Gasteiger partial charge in [0.25, 0.3) is 5.92 Å². The molecule has 0 bridgehead atoms. The Balaban J connectivity index is 1.91. The topological polar surface area (TPSA) is 107 Å². The van der Waals surface area contributed by atoms with Crippen LogP contribution in [0.1, 0.15) is 36.6 Å². The van der Waals surface area contributed by atoms with E-state index < -0.39 is 22.0 Å². The lowest BCUT2D eigenvalue weighted by Gasteiger charge is -2.21. The number of rotatable bonds is 9. The van der Waals surface area contributed by atoms with Gasteiger partial charge in [0, 0.05) is 38.0 Å². The van der Waals surface area contributed by atoms with Crippen LogP contribution in [-0.2, 0) is 22.5 Å². The molecule has 11 heteroatoms. The number of sulfonamides is 1. The minimum atomic E-state index is -3.56. The number of hydrogen-bond donors (Lipinski definition) is 3. The van der Waals surface area contributed by atoms with Gasteiger partial charge in [-0.1, -0.05) is 18.2 Å². The van der Waals surface area contributed by atoms with E-state index in [1.54, 1.807) is 43.3 Å². The van der Waals surface area contributed by atoms with Gasteiger partial charge in [-0.15, -0.1) is 0 Å². The number of anilines is 4. The second-order valence-electron chi connectivity index (χ2n) is 7.98. The molecule has 0 radical (unpaired) electrons. The lowest BCUT2D eigenvalue weighted by Crippen LogP contribution is -2.27. The fourth-order valence-electron chi connectivity index (χ4n) is 3.23. The number of nitrogens with one attached hydrogen (secondary N) is 2. The third-order valence-corrected chi connectivity index (χ3v) is 6.29. The average molecular weight is 492 g/mol. The summed E-state index contributed by atoms with van der Waals surface area (Å²) in [6.07, 6.45) is 1.85. The Morgan fingerprint density at radius 1 is 1.18 bits per heavy atom. The highest BCUT2D eigenvalue weighted by Crippen LogP contribution is 2.34. The molecule has 1 aromatic carbocycles. The summed E-state index contributed by atoms with van der Waals surface area (Å²) in [7, 11) is -2.19. The number of aliphatic hydroxyl groups excluding tert-OH is 1. The van der Waals surface area contributed by atoms with Crippen LogP contribution in [0.5, 0.6) is 0 Å². The van der Waals surface area contributed by atoms with Crippen molar-refractivity contribution in [3.05, 3.63) is 71.4 Å². The maximum Gasteiger partial charge on any atom is 0.274 e. The molecule has 2 aromatic heterocycles. The van der Waals surface area contributed by atoms with E-state index in [1.807, 2.05) is 0 Å². The normalized spacial score (nSPS) is 12.8. The van der Waals surface area contributed by atoms with Crippen molar-refractivity contribution in [3.8, 4) is 0 Å². The minimum Gasteiger partial charge on any atom is -0.389 e. The average Bonchev–Trinajstić information content (AvgIpc) is 2.76. The number of hydrogen-bond acceptors (Lipinski definition) is 7. The van der Waals surface area contributed by atoms with Crippen LogP contribution in [0.25, 0.3) is 0 Å². The second-order valence-corrected chi connectivity index (χ2v) is 9.99. The summed E-state index contributed by atoms with van der Waals surface area (Å²) in [5.74, 6) is -2.72. The molecule has 0 aliphatic carbocycles. The van der Waals surface area contributed by atoms with Crippen molar-refractivity contribution in [2.75, 3.05) is 28.2 Å². The number of pyridine rings is 2. The summed E-state index contributed by atoms with van der Waals surface area (Å²) >= 11 is 0. The zero-order valence-corrected chi connectivity index (χ0v) is 20.1. The van der Waals surface area contributed by atoms with Gasteiger partial charge < -0.3 is 15.7 Å². The Morgan fingerprint density at radius 2 is 1.91 bits per heavy atom. The Hall–Kier alpha value is -3.31.